The van der Waals surface area contributed by atoms with Gasteiger partial charge in [-0.15, -0.1) is 0 Å². The van der Waals surface area contributed by atoms with E-state index in [1.807, 2.05) is 0 Å². The summed E-state index contributed by atoms with van der Waals surface area (Å²) in [7, 11) is 0. The number of esters is 1. The number of carbonyl (C=O) groups is 1. The van der Waals surface area contributed by atoms with Crippen molar-refractivity contribution in [1.82, 2.24) is 0 Å². The van der Waals surface area contributed by atoms with Gasteiger partial charge in [-0.25, -0.2) is 20.3 Å². The van der Waals surface area contributed by atoms with Crippen LogP contribution in [0.5, 0.6) is 0 Å². The molecular weight excluding hydrogens is 168 g/mol. The van der Waals surface area contributed by atoms with Gasteiger partial charge < -0.3 is 4.74 Å². The fourth-order valence-corrected chi connectivity index (χ4v) is 0.555. The Labute approximate surface area is 69.5 Å². The van der Waals surface area contributed by atoms with Gasteiger partial charge in [-0.1, -0.05) is 0 Å². The number of hydrogen-bond donors (Lipinski definition) is 2. The first-order chi connectivity index (χ1) is 5.58. The maximum absolute atomic E-state index is 10.8. The van der Waals surface area contributed by atoms with Crippen LogP contribution in [0.4, 0.5) is 0 Å². The monoisotopic (exact) mass is 180 g/mol. The van der Waals surface area contributed by atoms with Gasteiger partial charge in [0.25, 0.3) is 0 Å². The van der Waals surface area contributed by atoms with Gasteiger partial charge in [0.15, 0.2) is 0 Å². The summed E-state index contributed by atoms with van der Waals surface area (Å²) >= 11 is 0. The normalized spacial score (nSPS) is 11.3. The van der Waals surface area contributed by atoms with Crippen molar-refractivity contribution in [3.8, 4) is 0 Å². The van der Waals surface area contributed by atoms with Crippen molar-refractivity contribution in [2.75, 3.05) is 6.61 Å². The minimum absolute atomic E-state index is 0.214. The summed E-state index contributed by atoms with van der Waals surface area (Å²) in [6.07, 6.45) is -0.395. The Balaban J connectivity index is 3.93. The molecule has 0 radical (unpaired) electrons. The molecule has 0 heterocycles. The molecule has 0 saturated heterocycles. The highest BCUT2D eigenvalue weighted by molar-refractivity contribution is 5.70. The van der Waals surface area contributed by atoms with Crippen molar-refractivity contribution in [2.45, 2.75) is 26.1 Å². The van der Waals surface area contributed by atoms with Crippen LogP contribution in [0.25, 0.3) is 0 Å². The molecule has 6 heteroatoms. The first kappa shape index (κ1) is 11.3. The molecule has 72 valence electrons. The van der Waals surface area contributed by atoms with Gasteiger partial charge in [0.05, 0.1) is 6.61 Å². The molecule has 0 bridgehead atoms. The molecule has 0 aromatic heterocycles. The molecule has 0 aromatic carbocycles. The van der Waals surface area contributed by atoms with E-state index in [9.17, 15) is 4.79 Å². The van der Waals surface area contributed by atoms with E-state index in [0.29, 0.717) is 0 Å². The molecule has 6 nitrogen and oxygen atoms in total. The third kappa shape index (κ3) is 3.63. The van der Waals surface area contributed by atoms with E-state index in [4.69, 9.17) is 10.5 Å². The van der Waals surface area contributed by atoms with E-state index in [1.54, 1.807) is 6.92 Å². The lowest BCUT2D eigenvalue weighted by Crippen LogP contribution is -2.33. The molecule has 0 spiro atoms. The summed E-state index contributed by atoms with van der Waals surface area (Å²) in [5.74, 6) is -2.39. The first-order valence-electron chi connectivity index (χ1n) is 3.38. The maximum atomic E-state index is 10.8. The summed E-state index contributed by atoms with van der Waals surface area (Å²) in [6.45, 7) is 3.03. The van der Waals surface area contributed by atoms with Crippen molar-refractivity contribution in [3.05, 3.63) is 0 Å². The molecule has 0 atom stereocenters. The van der Waals surface area contributed by atoms with Crippen LogP contribution < -0.4 is 0 Å². The second-order valence-electron chi connectivity index (χ2n) is 2.30. The molecule has 0 aliphatic rings. The van der Waals surface area contributed by atoms with Crippen molar-refractivity contribution in [2.24, 2.45) is 0 Å². The van der Waals surface area contributed by atoms with Crippen LogP contribution in [-0.4, -0.2) is 28.9 Å². The van der Waals surface area contributed by atoms with E-state index in [1.165, 1.54) is 6.92 Å². The van der Waals surface area contributed by atoms with E-state index < -0.39 is 18.2 Å². The average Bonchev–Trinajstić information content (AvgIpc) is 2.05. The van der Waals surface area contributed by atoms with Gasteiger partial charge in [0.1, 0.15) is 6.42 Å². The van der Waals surface area contributed by atoms with Gasteiger partial charge in [-0.05, 0) is 13.8 Å². The zero-order valence-corrected chi connectivity index (χ0v) is 6.94. The molecule has 0 aliphatic heterocycles. The second kappa shape index (κ2) is 5.04. The number of ether oxygens (including phenoxy) is 1. The Morgan fingerprint density at radius 2 is 1.92 bits per heavy atom. The average molecular weight is 180 g/mol. The van der Waals surface area contributed by atoms with Crippen LogP contribution in [0.1, 0.15) is 20.3 Å². The lowest BCUT2D eigenvalue weighted by molar-refractivity contribution is -0.479. The number of hydrogen-bond acceptors (Lipinski definition) is 6. The van der Waals surface area contributed by atoms with Crippen LogP contribution in [0, 0.1) is 0 Å². The van der Waals surface area contributed by atoms with Crippen LogP contribution >= 0.6 is 0 Å². The Bertz CT molecular complexity index is 141. The van der Waals surface area contributed by atoms with Gasteiger partial charge in [-0.2, -0.15) is 0 Å². The summed E-state index contributed by atoms with van der Waals surface area (Å²) in [4.78, 5) is 18.2. The summed E-state index contributed by atoms with van der Waals surface area (Å²) in [6, 6.07) is 0. The third-order valence-electron chi connectivity index (χ3n) is 1.16. The van der Waals surface area contributed by atoms with Gasteiger partial charge >= 0.3 is 5.97 Å². The molecule has 0 aliphatic carbocycles. The lowest BCUT2D eigenvalue weighted by Gasteiger charge is -2.19. The summed E-state index contributed by atoms with van der Waals surface area (Å²) < 4.78 is 4.52. The highest BCUT2D eigenvalue weighted by atomic mass is 17.2. The summed E-state index contributed by atoms with van der Waals surface area (Å²) in [5, 5.41) is 16.4. The fraction of sp³-hybridized carbons (Fsp3) is 0.833. The molecule has 0 amide bonds. The zero-order valence-electron chi connectivity index (χ0n) is 6.94. The predicted octanol–water partition coefficient (Wildman–Crippen LogP) is 0.635. The van der Waals surface area contributed by atoms with Crippen LogP contribution in [-0.2, 0) is 19.3 Å². The molecule has 12 heavy (non-hydrogen) atoms. The lowest BCUT2D eigenvalue weighted by atomic mass is 10.2. The Hall–Kier alpha value is -0.690. The molecule has 0 aromatic rings. The van der Waals surface area contributed by atoms with Gasteiger partial charge in [-0.3, -0.25) is 4.79 Å². The Kier molecular flexibility index (Phi) is 4.75. The smallest absolute Gasteiger partial charge is 0.311 e. The van der Waals surface area contributed by atoms with E-state index in [2.05, 4.69) is 14.5 Å². The molecule has 0 saturated carbocycles. The van der Waals surface area contributed by atoms with Crippen LogP contribution in [0.3, 0.4) is 0 Å². The van der Waals surface area contributed by atoms with E-state index in [-0.39, 0.29) is 6.61 Å². The largest absolute Gasteiger partial charge is 0.466 e. The predicted molar refractivity (Wildman–Crippen MR) is 37.1 cm³/mol. The molecular formula is C6H12O6. The SMILES string of the molecule is CCOC(=O)CC(C)(OO)OO. The second-order valence-corrected chi connectivity index (χ2v) is 2.30. The van der Waals surface area contributed by atoms with Crippen molar-refractivity contribution in [1.29, 1.82) is 0 Å². The zero-order chi connectivity index (χ0) is 9.61. The van der Waals surface area contributed by atoms with E-state index in [0.717, 1.165) is 0 Å². The topological polar surface area (TPSA) is 85.2 Å². The van der Waals surface area contributed by atoms with Crippen molar-refractivity contribution >= 4 is 5.97 Å². The standard InChI is InChI=1S/C6H12O6/c1-3-10-5(7)4-6(2,11-8)12-9/h8-9H,3-4H2,1-2H3. The first-order valence-corrected chi connectivity index (χ1v) is 3.38. The minimum Gasteiger partial charge on any atom is -0.466 e. The number of rotatable bonds is 5. The van der Waals surface area contributed by atoms with Crippen molar-refractivity contribution in [3.63, 3.8) is 0 Å². The quantitative estimate of drug-likeness (QED) is 0.279. The fourth-order valence-electron chi connectivity index (χ4n) is 0.555. The number of carbonyl (C=O) groups excluding carboxylic acids is 1. The molecule has 0 rings (SSSR count). The minimum atomic E-state index is -1.76. The van der Waals surface area contributed by atoms with Crippen LogP contribution in [0.2, 0.25) is 0 Å². The van der Waals surface area contributed by atoms with Gasteiger partial charge in [0, 0.05) is 0 Å². The Morgan fingerprint density at radius 1 is 1.42 bits per heavy atom. The highest BCUT2D eigenvalue weighted by Gasteiger charge is 2.31. The maximum Gasteiger partial charge on any atom is 0.311 e. The highest BCUT2D eigenvalue weighted by Crippen LogP contribution is 2.14. The molecule has 0 unspecified atom stereocenters. The Morgan fingerprint density at radius 3 is 2.25 bits per heavy atom. The molecule has 2 N–H and O–H groups in total. The summed E-state index contributed by atoms with van der Waals surface area (Å²) in [5.41, 5.74) is 0. The van der Waals surface area contributed by atoms with Crippen molar-refractivity contribution < 1.29 is 29.8 Å². The van der Waals surface area contributed by atoms with E-state index >= 15 is 0 Å². The van der Waals surface area contributed by atoms with Crippen LogP contribution in [0.15, 0.2) is 0 Å². The third-order valence-corrected chi connectivity index (χ3v) is 1.16. The van der Waals surface area contributed by atoms with Gasteiger partial charge in [0.2, 0.25) is 5.79 Å². The molecule has 0 fully saturated rings.